The lowest BCUT2D eigenvalue weighted by atomic mass is 10.0. The van der Waals surface area contributed by atoms with Crippen LogP contribution >= 0.6 is 24.0 Å². The molecule has 1 unspecified atom stereocenters. The van der Waals surface area contributed by atoms with Gasteiger partial charge in [-0.15, -0.1) is 24.0 Å². The number of guanidine groups is 1. The number of nitrogens with one attached hydrogen (secondary N) is 1. The van der Waals surface area contributed by atoms with Gasteiger partial charge in [0, 0.05) is 45.8 Å². The highest BCUT2D eigenvalue weighted by Gasteiger charge is 2.25. The number of likely N-dealkylation sites (tertiary alicyclic amines) is 1. The quantitative estimate of drug-likeness (QED) is 0.255. The van der Waals surface area contributed by atoms with Gasteiger partial charge in [0.1, 0.15) is 5.75 Å². The lowest BCUT2D eigenvalue weighted by Gasteiger charge is -2.21. The smallest absolute Gasteiger partial charge is 0.193 e. The van der Waals surface area contributed by atoms with E-state index in [9.17, 15) is 0 Å². The first-order valence-corrected chi connectivity index (χ1v) is 10.3. The zero-order chi connectivity index (χ0) is 19.8. The van der Waals surface area contributed by atoms with Crippen LogP contribution in [0.4, 0.5) is 0 Å². The van der Waals surface area contributed by atoms with Crippen LogP contribution < -0.4 is 10.1 Å². The Hall–Kier alpha value is -1.77. The number of rotatable bonds is 8. The molecular formula is C22H34IN5O. The lowest BCUT2D eigenvalue weighted by Crippen LogP contribution is -2.40. The number of halogens is 1. The molecule has 0 aliphatic carbocycles. The van der Waals surface area contributed by atoms with Gasteiger partial charge in [-0.05, 0) is 49.8 Å². The van der Waals surface area contributed by atoms with Crippen LogP contribution in [-0.4, -0.2) is 53.4 Å². The van der Waals surface area contributed by atoms with Crippen molar-refractivity contribution in [3.63, 3.8) is 0 Å². The van der Waals surface area contributed by atoms with Gasteiger partial charge < -0.3 is 15.0 Å². The van der Waals surface area contributed by atoms with Gasteiger partial charge in [0.25, 0.3) is 0 Å². The van der Waals surface area contributed by atoms with Gasteiger partial charge in [0.2, 0.25) is 0 Å². The van der Waals surface area contributed by atoms with E-state index >= 15 is 0 Å². The molecule has 6 nitrogen and oxygen atoms in total. The predicted molar refractivity (Wildman–Crippen MR) is 129 cm³/mol. The topological polar surface area (TPSA) is 54.7 Å². The zero-order valence-corrected chi connectivity index (χ0v) is 20.1. The second-order valence-electron chi connectivity index (χ2n) is 7.53. The molecule has 0 amide bonds. The minimum Gasteiger partial charge on any atom is -0.493 e. The van der Waals surface area contributed by atoms with Crippen molar-refractivity contribution < 1.29 is 4.74 Å². The van der Waals surface area contributed by atoms with Crippen molar-refractivity contribution >= 4 is 29.9 Å². The summed E-state index contributed by atoms with van der Waals surface area (Å²) in [7, 11) is 1.98. The number of ether oxygens (including phenoxy) is 1. The minimum atomic E-state index is 0. The Balaban J connectivity index is 0.00000300. The number of aryl methyl sites for hydroxylation is 2. The van der Waals surface area contributed by atoms with Gasteiger partial charge in [-0.1, -0.05) is 18.2 Å². The molecule has 0 bridgehead atoms. The summed E-state index contributed by atoms with van der Waals surface area (Å²) in [6, 6.07) is 8.15. The maximum absolute atomic E-state index is 5.88. The fourth-order valence-electron chi connectivity index (χ4n) is 3.68. The third kappa shape index (κ3) is 7.21. The Labute approximate surface area is 191 Å². The van der Waals surface area contributed by atoms with Crippen LogP contribution in [0.15, 0.2) is 41.7 Å². The zero-order valence-electron chi connectivity index (χ0n) is 17.8. The van der Waals surface area contributed by atoms with Crippen molar-refractivity contribution in [2.75, 3.05) is 32.8 Å². The fraction of sp³-hybridized carbons (Fsp3) is 0.545. The van der Waals surface area contributed by atoms with Crippen molar-refractivity contribution in [1.29, 1.82) is 0 Å². The molecule has 2 heterocycles. The Kier molecular flexibility index (Phi) is 9.76. The number of aliphatic imine (C=N–C) groups is 1. The number of benzene rings is 1. The number of hydrogen-bond acceptors (Lipinski definition) is 3. The van der Waals surface area contributed by atoms with Gasteiger partial charge in [-0.2, -0.15) is 5.10 Å². The molecule has 1 aromatic carbocycles. The van der Waals surface area contributed by atoms with Crippen LogP contribution in [0, 0.1) is 12.8 Å². The van der Waals surface area contributed by atoms with Crippen molar-refractivity contribution in [2.45, 2.75) is 33.1 Å². The monoisotopic (exact) mass is 511 g/mol. The summed E-state index contributed by atoms with van der Waals surface area (Å²) in [4.78, 5) is 7.23. The van der Waals surface area contributed by atoms with E-state index in [1.165, 1.54) is 17.5 Å². The van der Waals surface area contributed by atoms with E-state index in [-0.39, 0.29) is 24.0 Å². The molecule has 1 aromatic heterocycles. The molecule has 1 saturated heterocycles. The SMILES string of the molecule is CCNC(=NCCCOc1ccccc1C)N1CCC(Cc2cnn(C)c2)C1.I. The summed E-state index contributed by atoms with van der Waals surface area (Å²) in [5.41, 5.74) is 2.50. The molecule has 1 aliphatic heterocycles. The van der Waals surface area contributed by atoms with E-state index in [0.717, 1.165) is 50.7 Å². The molecule has 1 fully saturated rings. The van der Waals surface area contributed by atoms with Crippen molar-refractivity contribution in [3.05, 3.63) is 47.8 Å². The highest BCUT2D eigenvalue weighted by Crippen LogP contribution is 2.21. The molecule has 3 rings (SSSR count). The molecule has 29 heavy (non-hydrogen) atoms. The molecule has 0 saturated carbocycles. The van der Waals surface area contributed by atoms with Gasteiger partial charge in [-0.25, -0.2) is 0 Å². The Morgan fingerprint density at radius 3 is 2.90 bits per heavy atom. The molecule has 0 radical (unpaired) electrons. The van der Waals surface area contributed by atoms with Crippen LogP contribution in [-0.2, 0) is 13.5 Å². The van der Waals surface area contributed by atoms with E-state index in [1.807, 2.05) is 36.1 Å². The summed E-state index contributed by atoms with van der Waals surface area (Å²) in [5, 5.41) is 7.73. The molecular weight excluding hydrogens is 477 g/mol. The second kappa shape index (κ2) is 12.0. The number of hydrogen-bond donors (Lipinski definition) is 1. The molecule has 1 atom stereocenters. The molecule has 1 aliphatic rings. The normalized spacial score (nSPS) is 16.6. The van der Waals surface area contributed by atoms with Crippen molar-refractivity contribution in [1.82, 2.24) is 20.0 Å². The molecule has 1 N–H and O–H groups in total. The summed E-state index contributed by atoms with van der Waals surface area (Å²) >= 11 is 0. The van der Waals surface area contributed by atoms with Crippen LogP contribution in [0.1, 0.15) is 30.9 Å². The first-order chi connectivity index (χ1) is 13.7. The molecule has 2 aromatic rings. The number of aromatic nitrogens is 2. The highest BCUT2D eigenvalue weighted by molar-refractivity contribution is 14.0. The van der Waals surface area contributed by atoms with Crippen molar-refractivity contribution in [2.24, 2.45) is 18.0 Å². The Morgan fingerprint density at radius 1 is 1.34 bits per heavy atom. The maximum atomic E-state index is 5.88. The first kappa shape index (κ1) is 23.5. The van der Waals surface area contributed by atoms with Gasteiger partial charge in [-0.3, -0.25) is 9.67 Å². The average molecular weight is 511 g/mol. The number of nitrogens with zero attached hydrogens (tertiary/aromatic N) is 4. The van der Waals surface area contributed by atoms with E-state index in [0.29, 0.717) is 12.5 Å². The molecule has 7 heteroatoms. The molecule has 160 valence electrons. The van der Waals surface area contributed by atoms with Crippen LogP contribution in [0.5, 0.6) is 5.75 Å². The summed E-state index contributed by atoms with van der Waals surface area (Å²) in [5.74, 6) is 2.67. The average Bonchev–Trinajstić information content (AvgIpc) is 3.31. The summed E-state index contributed by atoms with van der Waals surface area (Å²) < 4.78 is 7.76. The van der Waals surface area contributed by atoms with Crippen LogP contribution in [0.25, 0.3) is 0 Å². The van der Waals surface area contributed by atoms with Crippen LogP contribution in [0.3, 0.4) is 0 Å². The molecule has 0 spiro atoms. The van der Waals surface area contributed by atoms with Gasteiger partial charge >= 0.3 is 0 Å². The minimum absolute atomic E-state index is 0. The number of para-hydroxylation sites is 1. The highest BCUT2D eigenvalue weighted by atomic mass is 127. The van der Waals surface area contributed by atoms with Crippen LogP contribution in [0.2, 0.25) is 0 Å². The van der Waals surface area contributed by atoms with E-state index in [4.69, 9.17) is 9.73 Å². The first-order valence-electron chi connectivity index (χ1n) is 10.3. The lowest BCUT2D eigenvalue weighted by molar-refractivity contribution is 0.311. The third-order valence-corrected chi connectivity index (χ3v) is 5.12. The summed E-state index contributed by atoms with van der Waals surface area (Å²) in [6.07, 6.45) is 7.31. The van der Waals surface area contributed by atoms with E-state index in [1.54, 1.807) is 0 Å². The van der Waals surface area contributed by atoms with E-state index in [2.05, 4.69) is 41.4 Å². The Morgan fingerprint density at radius 2 is 2.17 bits per heavy atom. The third-order valence-electron chi connectivity index (χ3n) is 5.12. The standard InChI is InChI=1S/C22H33N5O.HI/c1-4-23-22(24-11-7-13-28-21-9-6-5-8-18(21)2)27-12-10-19(17-27)14-20-15-25-26(3)16-20;/h5-6,8-9,15-16,19H,4,7,10-14,17H2,1-3H3,(H,23,24);1H. The largest absolute Gasteiger partial charge is 0.493 e. The van der Waals surface area contributed by atoms with Gasteiger partial charge in [0.15, 0.2) is 5.96 Å². The van der Waals surface area contributed by atoms with E-state index < -0.39 is 0 Å². The predicted octanol–water partition coefficient (Wildman–Crippen LogP) is 3.65. The fourth-order valence-corrected chi connectivity index (χ4v) is 3.68. The Bertz CT molecular complexity index is 776. The van der Waals surface area contributed by atoms with Crippen molar-refractivity contribution in [3.8, 4) is 5.75 Å². The van der Waals surface area contributed by atoms with Gasteiger partial charge in [0.05, 0.1) is 12.8 Å². The maximum Gasteiger partial charge on any atom is 0.193 e. The second-order valence-corrected chi connectivity index (χ2v) is 7.53. The summed E-state index contributed by atoms with van der Waals surface area (Å²) in [6.45, 7) is 8.68.